The molecule has 1 saturated heterocycles. The number of hydrogen-bond acceptors (Lipinski definition) is 5. The van der Waals surface area contributed by atoms with Crippen LogP contribution in [0.2, 0.25) is 0 Å². The maximum absolute atomic E-state index is 11.9. The lowest BCUT2D eigenvalue weighted by molar-refractivity contribution is -0.168. The standard InChI is InChI=1S/C12H20ClNO5/c1-11(2,3)19-10(16)14-6-4-5-12(17,7-14)9(15)18-8-13/h17H,4-8H2,1-3H3. The van der Waals surface area contributed by atoms with Gasteiger partial charge in [0.15, 0.2) is 11.7 Å². The molecular formula is C12H20ClNO5. The third kappa shape index (κ3) is 4.54. The number of esters is 1. The molecule has 0 spiro atoms. The fourth-order valence-corrected chi connectivity index (χ4v) is 1.97. The Morgan fingerprint density at radius 1 is 1.42 bits per heavy atom. The number of amides is 1. The largest absolute Gasteiger partial charge is 0.447 e. The van der Waals surface area contributed by atoms with Crippen LogP contribution in [0.25, 0.3) is 0 Å². The minimum absolute atomic E-state index is 0.141. The summed E-state index contributed by atoms with van der Waals surface area (Å²) in [6.45, 7) is 5.55. The highest BCUT2D eigenvalue weighted by Crippen LogP contribution is 2.24. The summed E-state index contributed by atoms with van der Waals surface area (Å²) in [6.07, 6.45) is 0.180. The third-order valence-electron chi connectivity index (χ3n) is 2.69. The molecule has 7 heteroatoms. The predicted molar refractivity (Wildman–Crippen MR) is 68.8 cm³/mol. The van der Waals surface area contributed by atoms with Crippen LogP contribution in [0.5, 0.6) is 0 Å². The van der Waals surface area contributed by atoms with Crippen molar-refractivity contribution < 1.29 is 24.2 Å². The highest BCUT2D eigenvalue weighted by Gasteiger charge is 2.43. The Morgan fingerprint density at radius 2 is 2.05 bits per heavy atom. The molecule has 1 amide bonds. The van der Waals surface area contributed by atoms with Crippen LogP contribution >= 0.6 is 11.6 Å². The second-order valence-electron chi connectivity index (χ2n) is 5.58. The SMILES string of the molecule is CC(C)(C)OC(=O)N1CCCC(O)(C(=O)OCCl)C1. The van der Waals surface area contributed by atoms with Gasteiger partial charge in [-0.3, -0.25) is 0 Å². The van der Waals surface area contributed by atoms with Crippen molar-refractivity contribution in [2.45, 2.75) is 44.8 Å². The fraction of sp³-hybridized carbons (Fsp3) is 0.833. The number of carbonyl (C=O) groups is 2. The number of β-amino-alcohol motifs (C(OH)–C–C–N with tert-alkyl or cyclic N) is 1. The van der Waals surface area contributed by atoms with Crippen LogP contribution in [0.3, 0.4) is 0 Å². The van der Waals surface area contributed by atoms with E-state index in [1.165, 1.54) is 4.90 Å². The summed E-state index contributed by atoms with van der Waals surface area (Å²) in [5.41, 5.74) is -2.33. The summed E-state index contributed by atoms with van der Waals surface area (Å²) in [4.78, 5) is 24.8. The Balaban J connectivity index is 2.68. The van der Waals surface area contributed by atoms with Crippen molar-refractivity contribution in [1.29, 1.82) is 0 Å². The lowest BCUT2D eigenvalue weighted by atomic mass is 9.93. The quantitative estimate of drug-likeness (QED) is 0.616. The molecule has 1 fully saturated rings. The van der Waals surface area contributed by atoms with E-state index in [1.807, 2.05) is 0 Å². The summed E-state index contributed by atoms with van der Waals surface area (Å²) in [7, 11) is 0. The number of rotatable bonds is 2. The van der Waals surface area contributed by atoms with Crippen LogP contribution < -0.4 is 0 Å². The highest BCUT2D eigenvalue weighted by molar-refractivity contribution is 6.17. The number of halogens is 1. The van der Waals surface area contributed by atoms with Gasteiger partial charge in [0.2, 0.25) is 0 Å². The molecule has 0 aromatic carbocycles. The highest BCUT2D eigenvalue weighted by atomic mass is 35.5. The molecule has 0 aromatic heterocycles. The zero-order chi connectivity index (χ0) is 14.7. The van der Waals surface area contributed by atoms with Crippen LogP contribution in [0.4, 0.5) is 4.79 Å². The van der Waals surface area contributed by atoms with Gasteiger partial charge in [-0.2, -0.15) is 0 Å². The van der Waals surface area contributed by atoms with E-state index in [9.17, 15) is 14.7 Å². The van der Waals surface area contributed by atoms with Gasteiger partial charge in [-0.05, 0) is 33.6 Å². The smallest absolute Gasteiger partial charge is 0.410 e. The number of nitrogens with zero attached hydrogens (tertiary/aromatic N) is 1. The van der Waals surface area contributed by atoms with Crippen LogP contribution in [-0.2, 0) is 14.3 Å². The topological polar surface area (TPSA) is 76.1 Å². The van der Waals surface area contributed by atoms with Crippen LogP contribution in [0.15, 0.2) is 0 Å². The number of piperidine rings is 1. The molecule has 1 heterocycles. The summed E-state index contributed by atoms with van der Waals surface area (Å²) in [5.74, 6) is -0.809. The summed E-state index contributed by atoms with van der Waals surface area (Å²) >= 11 is 5.30. The Labute approximate surface area is 117 Å². The van der Waals surface area contributed by atoms with Crippen molar-refractivity contribution in [2.75, 3.05) is 19.2 Å². The molecule has 6 nitrogen and oxygen atoms in total. The van der Waals surface area contributed by atoms with Crippen molar-refractivity contribution in [2.24, 2.45) is 0 Å². The number of likely N-dealkylation sites (tertiary alicyclic amines) is 1. The average Bonchev–Trinajstić information content (AvgIpc) is 2.27. The maximum Gasteiger partial charge on any atom is 0.410 e. The molecule has 1 rings (SSSR count). The summed E-state index contributed by atoms with van der Waals surface area (Å²) in [6, 6.07) is -0.326. The predicted octanol–water partition coefficient (Wildman–Crippen LogP) is 1.49. The molecule has 0 aliphatic carbocycles. The number of aliphatic hydroxyl groups is 1. The first-order valence-electron chi connectivity index (χ1n) is 6.11. The molecule has 1 unspecified atom stereocenters. The van der Waals surface area contributed by atoms with Gasteiger partial charge in [-0.15, -0.1) is 0 Å². The molecule has 19 heavy (non-hydrogen) atoms. The average molecular weight is 294 g/mol. The Kier molecular flexibility index (Phi) is 5.04. The van der Waals surface area contributed by atoms with Gasteiger partial charge in [0, 0.05) is 6.54 Å². The van der Waals surface area contributed by atoms with E-state index in [1.54, 1.807) is 20.8 Å². The van der Waals surface area contributed by atoms with E-state index in [2.05, 4.69) is 4.74 Å². The van der Waals surface area contributed by atoms with Crippen molar-refractivity contribution in [3.63, 3.8) is 0 Å². The first kappa shape index (κ1) is 16.0. The minimum atomic E-state index is -1.70. The van der Waals surface area contributed by atoms with Crippen LogP contribution in [0.1, 0.15) is 33.6 Å². The lowest BCUT2D eigenvalue weighted by Gasteiger charge is -2.37. The van der Waals surface area contributed by atoms with E-state index in [0.717, 1.165) is 0 Å². The van der Waals surface area contributed by atoms with Crippen LogP contribution in [-0.4, -0.2) is 52.4 Å². The number of ether oxygens (including phenoxy) is 2. The third-order valence-corrected chi connectivity index (χ3v) is 2.80. The molecule has 0 radical (unpaired) electrons. The van der Waals surface area contributed by atoms with Gasteiger partial charge in [0.25, 0.3) is 0 Å². The molecule has 110 valence electrons. The van der Waals surface area contributed by atoms with Crippen molar-refractivity contribution >= 4 is 23.7 Å². The molecular weight excluding hydrogens is 274 g/mol. The molecule has 0 saturated carbocycles. The Bertz CT molecular complexity index is 355. The zero-order valence-electron chi connectivity index (χ0n) is 11.4. The molecule has 0 bridgehead atoms. The number of carbonyl (C=O) groups excluding carboxylic acids is 2. The van der Waals surface area contributed by atoms with Crippen molar-refractivity contribution in [3.8, 4) is 0 Å². The minimum Gasteiger partial charge on any atom is -0.447 e. The number of hydrogen-bond donors (Lipinski definition) is 1. The fourth-order valence-electron chi connectivity index (χ4n) is 1.87. The van der Waals surface area contributed by atoms with Crippen LogP contribution in [0, 0.1) is 0 Å². The van der Waals surface area contributed by atoms with E-state index >= 15 is 0 Å². The Morgan fingerprint density at radius 3 is 2.58 bits per heavy atom. The second kappa shape index (κ2) is 5.96. The zero-order valence-corrected chi connectivity index (χ0v) is 12.2. The van der Waals surface area contributed by atoms with Gasteiger partial charge in [0.05, 0.1) is 6.54 Å². The van der Waals surface area contributed by atoms with E-state index < -0.39 is 23.3 Å². The van der Waals surface area contributed by atoms with Crippen molar-refractivity contribution in [1.82, 2.24) is 4.90 Å². The lowest BCUT2D eigenvalue weighted by Crippen LogP contribution is -2.56. The summed E-state index contributed by atoms with van der Waals surface area (Å²) < 4.78 is 9.82. The normalized spacial score (nSPS) is 23.9. The number of alkyl halides is 1. The molecule has 1 aliphatic heterocycles. The molecule has 0 aromatic rings. The van der Waals surface area contributed by atoms with Gasteiger partial charge < -0.3 is 19.5 Å². The van der Waals surface area contributed by atoms with E-state index in [4.69, 9.17) is 16.3 Å². The molecule has 1 N–H and O–H groups in total. The van der Waals surface area contributed by atoms with Gasteiger partial charge in [-0.1, -0.05) is 11.6 Å². The van der Waals surface area contributed by atoms with Gasteiger partial charge in [0.1, 0.15) is 5.60 Å². The van der Waals surface area contributed by atoms with E-state index in [-0.39, 0.29) is 19.0 Å². The molecule has 1 atom stereocenters. The van der Waals surface area contributed by atoms with Crippen molar-refractivity contribution in [3.05, 3.63) is 0 Å². The molecule has 1 aliphatic rings. The second-order valence-corrected chi connectivity index (χ2v) is 5.80. The maximum atomic E-state index is 11.9. The van der Waals surface area contributed by atoms with Gasteiger partial charge >= 0.3 is 12.1 Å². The Hall–Kier alpha value is -1.01. The van der Waals surface area contributed by atoms with Gasteiger partial charge in [-0.25, -0.2) is 9.59 Å². The summed E-state index contributed by atoms with van der Waals surface area (Å²) in [5, 5.41) is 10.2. The van der Waals surface area contributed by atoms with E-state index in [0.29, 0.717) is 13.0 Å². The first-order valence-corrected chi connectivity index (χ1v) is 6.65. The monoisotopic (exact) mass is 293 g/mol. The first-order chi connectivity index (χ1) is 8.68.